The predicted molar refractivity (Wildman–Crippen MR) is 84.1 cm³/mol. The summed E-state index contributed by atoms with van der Waals surface area (Å²) in [5.41, 5.74) is 0.379. The van der Waals surface area contributed by atoms with Gasteiger partial charge in [-0.05, 0) is 32.9 Å². The Hall–Kier alpha value is -1.11. The number of aromatic nitrogens is 2. The first-order chi connectivity index (χ1) is 10.1. The summed E-state index contributed by atoms with van der Waals surface area (Å²) in [5.74, 6) is 0.561. The number of nitrogens with one attached hydrogen (secondary N) is 1. The summed E-state index contributed by atoms with van der Waals surface area (Å²) >= 11 is 6.16. The third kappa shape index (κ3) is 4.69. The first kappa shape index (κ1) is 16.3. The van der Waals surface area contributed by atoms with E-state index in [4.69, 9.17) is 16.3 Å². The Morgan fingerprint density at radius 2 is 2.19 bits per heavy atom. The van der Waals surface area contributed by atoms with E-state index >= 15 is 0 Å². The van der Waals surface area contributed by atoms with Crippen LogP contribution in [0.25, 0.3) is 0 Å². The molecular weight excluding hydrogens is 292 g/mol. The van der Waals surface area contributed by atoms with Crippen LogP contribution in [0.2, 0.25) is 5.02 Å². The molecule has 1 aliphatic heterocycles. The lowest BCUT2D eigenvalue weighted by Gasteiger charge is -2.22. The van der Waals surface area contributed by atoms with E-state index in [1.165, 1.54) is 4.68 Å². The van der Waals surface area contributed by atoms with Gasteiger partial charge in [0.1, 0.15) is 5.02 Å². The Kier molecular flexibility index (Phi) is 6.02. The van der Waals surface area contributed by atoms with Gasteiger partial charge in [0.05, 0.1) is 18.4 Å². The third-order valence-electron chi connectivity index (χ3n) is 3.67. The van der Waals surface area contributed by atoms with Gasteiger partial charge in [0, 0.05) is 26.3 Å². The molecule has 0 spiro atoms. The molecule has 1 N–H and O–H groups in total. The predicted octanol–water partition coefficient (Wildman–Crippen LogP) is 1.30. The summed E-state index contributed by atoms with van der Waals surface area (Å²) in [7, 11) is 3.91. The van der Waals surface area contributed by atoms with Crippen molar-refractivity contribution in [2.24, 2.45) is 5.92 Å². The van der Waals surface area contributed by atoms with Crippen LogP contribution in [-0.2, 0) is 11.3 Å². The highest BCUT2D eigenvalue weighted by Crippen LogP contribution is 2.19. The average Bonchev–Trinajstić information content (AvgIpc) is 2.48. The highest BCUT2D eigenvalue weighted by molar-refractivity contribution is 6.32. The summed E-state index contributed by atoms with van der Waals surface area (Å²) in [5, 5.41) is 7.64. The van der Waals surface area contributed by atoms with Crippen molar-refractivity contribution in [3.63, 3.8) is 0 Å². The Morgan fingerprint density at radius 1 is 1.48 bits per heavy atom. The van der Waals surface area contributed by atoms with Gasteiger partial charge in [-0.15, -0.1) is 0 Å². The standard InChI is InChI=1S/C14H23ClN4O2/c1-18(2)5-6-19-14(20)13(15)12(10-17-19)16-9-11-3-7-21-8-4-11/h10-11,16H,3-9H2,1-2H3. The van der Waals surface area contributed by atoms with Crippen molar-refractivity contribution in [3.8, 4) is 0 Å². The van der Waals surface area contributed by atoms with Crippen molar-refractivity contribution in [1.29, 1.82) is 0 Å². The number of hydrogen-bond donors (Lipinski definition) is 1. The molecule has 1 aliphatic rings. The quantitative estimate of drug-likeness (QED) is 0.857. The number of halogens is 1. The zero-order valence-electron chi connectivity index (χ0n) is 12.6. The van der Waals surface area contributed by atoms with Crippen LogP contribution in [0.3, 0.4) is 0 Å². The number of likely N-dealkylation sites (N-methyl/N-ethyl adjacent to an activating group) is 1. The van der Waals surface area contributed by atoms with E-state index in [9.17, 15) is 4.79 Å². The first-order valence-electron chi connectivity index (χ1n) is 7.30. The summed E-state index contributed by atoms with van der Waals surface area (Å²) < 4.78 is 6.74. The second-order valence-corrected chi connectivity index (χ2v) is 6.02. The monoisotopic (exact) mass is 314 g/mol. The highest BCUT2D eigenvalue weighted by atomic mass is 35.5. The largest absolute Gasteiger partial charge is 0.382 e. The van der Waals surface area contributed by atoms with Crippen molar-refractivity contribution < 1.29 is 4.74 Å². The van der Waals surface area contributed by atoms with E-state index in [0.29, 0.717) is 18.2 Å². The molecule has 1 fully saturated rings. The number of anilines is 1. The molecule has 6 nitrogen and oxygen atoms in total. The van der Waals surface area contributed by atoms with E-state index in [1.807, 2.05) is 19.0 Å². The van der Waals surface area contributed by atoms with Crippen LogP contribution >= 0.6 is 11.6 Å². The third-order valence-corrected chi connectivity index (χ3v) is 4.03. The van der Waals surface area contributed by atoms with Crippen molar-refractivity contribution >= 4 is 17.3 Å². The summed E-state index contributed by atoms with van der Waals surface area (Å²) in [4.78, 5) is 14.1. The molecule has 0 atom stereocenters. The molecule has 0 saturated carbocycles. The van der Waals surface area contributed by atoms with Crippen molar-refractivity contribution in [3.05, 3.63) is 21.6 Å². The molecule has 0 radical (unpaired) electrons. The zero-order valence-corrected chi connectivity index (χ0v) is 13.4. The fourth-order valence-corrected chi connectivity index (χ4v) is 2.46. The first-order valence-corrected chi connectivity index (χ1v) is 7.67. The van der Waals surface area contributed by atoms with Crippen LogP contribution in [0.1, 0.15) is 12.8 Å². The molecule has 0 aliphatic carbocycles. The van der Waals surface area contributed by atoms with Gasteiger partial charge >= 0.3 is 0 Å². The molecule has 1 aromatic rings. The van der Waals surface area contributed by atoms with Crippen LogP contribution in [0.15, 0.2) is 11.0 Å². The lowest BCUT2D eigenvalue weighted by atomic mass is 10.0. The van der Waals surface area contributed by atoms with Crippen molar-refractivity contribution in [2.75, 3.05) is 45.7 Å². The van der Waals surface area contributed by atoms with Crippen LogP contribution in [-0.4, -0.2) is 55.1 Å². The van der Waals surface area contributed by atoms with E-state index in [1.54, 1.807) is 6.20 Å². The maximum Gasteiger partial charge on any atom is 0.287 e. The van der Waals surface area contributed by atoms with Gasteiger partial charge in [-0.2, -0.15) is 5.10 Å². The number of hydrogen-bond acceptors (Lipinski definition) is 5. The molecule has 2 heterocycles. The van der Waals surface area contributed by atoms with Gasteiger partial charge in [0.15, 0.2) is 0 Å². The second kappa shape index (κ2) is 7.77. The number of ether oxygens (including phenoxy) is 1. The normalized spacial score (nSPS) is 16.4. The van der Waals surface area contributed by atoms with Crippen LogP contribution in [0.4, 0.5) is 5.69 Å². The van der Waals surface area contributed by atoms with E-state index in [0.717, 1.165) is 39.1 Å². The van der Waals surface area contributed by atoms with Gasteiger partial charge < -0.3 is 15.0 Å². The van der Waals surface area contributed by atoms with Gasteiger partial charge in [-0.3, -0.25) is 4.79 Å². The maximum absolute atomic E-state index is 12.1. The highest BCUT2D eigenvalue weighted by Gasteiger charge is 2.15. The van der Waals surface area contributed by atoms with E-state index in [-0.39, 0.29) is 10.6 Å². The summed E-state index contributed by atoms with van der Waals surface area (Å²) in [6.45, 7) is 3.70. The molecule has 2 rings (SSSR count). The molecule has 0 aromatic carbocycles. The smallest absolute Gasteiger partial charge is 0.287 e. The Morgan fingerprint density at radius 3 is 2.86 bits per heavy atom. The van der Waals surface area contributed by atoms with Crippen molar-refractivity contribution in [1.82, 2.24) is 14.7 Å². The van der Waals surface area contributed by atoms with E-state index < -0.39 is 0 Å². The molecule has 0 bridgehead atoms. The number of nitrogens with zero attached hydrogens (tertiary/aromatic N) is 3. The van der Waals surface area contributed by atoms with Crippen LogP contribution in [0.5, 0.6) is 0 Å². The van der Waals surface area contributed by atoms with Crippen LogP contribution in [0, 0.1) is 5.92 Å². The summed E-state index contributed by atoms with van der Waals surface area (Å²) in [6, 6.07) is 0. The lowest BCUT2D eigenvalue weighted by Crippen LogP contribution is -2.30. The van der Waals surface area contributed by atoms with Gasteiger partial charge in [-0.25, -0.2) is 4.68 Å². The fourth-order valence-electron chi connectivity index (χ4n) is 2.25. The zero-order chi connectivity index (χ0) is 15.2. The van der Waals surface area contributed by atoms with E-state index in [2.05, 4.69) is 10.4 Å². The lowest BCUT2D eigenvalue weighted by molar-refractivity contribution is 0.0699. The molecular formula is C14H23ClN4O2. The minimum atomic E-state index is -0.240. The van der Waals surface area contributed by atoms with Gasteiger partial charge in [0.2, 0.25) is 0 Å². The molecule has 1 aromatic heterocycles. The van der Waals surface area contributed by atoms with Gasteiger partial charge in [0.25, 0.3) is 5.56 Å². The van der Waals surface area contributed by atoms with Crippen molar-refractivity contribution in [2.45, 2.75) is 19.4 Å². The minimum absolute atomic E-state index is 0.218. The maximum atomic E-state index is 12.1. The number of rotatable bonds is 6. The minimum Gasteiger partial charge on any atom is -0.382 e. The fraction of sp³-hybridized carbons (Fsp3) is 0.714. The molecule has 0 unspecified atom stereocenters. The SMILES string of the molecule is CN(C)CCn1ncc(NCC2CCOCC2)c(Cl)c1=O. The Labute approximate surface area is 130 Å². The molecule has 118 valence electrons. The van der Waals surface area contributed by atoms with Gasteiger partial charge in [-0.1, -0.05) is 11.6 Å². The second-order valence-electron chi connectivity index (χ2n) is 5.64. The molecule has 21 heavy (non-hydrogen) atoms. The Balaban J connectivity index is 1.97. The van der Waals surface area contributed by atoms with Crippen LogP contribution < -0.4 is 10.9 Å². The topological polar surface area (TPSA) is 59.4 Å². The molecule has 1 saturated heterocycles. The Bertz CT molecular complexity index is 512. The average molecular weight is 315 g/mol. The summed E-state index contributed by atoms with van der Waals surface area (Å²) in [6.07, 6.45) is 3.72. The molecule has 0 amide bonds. The molecule has 7 heteroatoms.